The number of carbonyl (C=O) groups excluding carboxylic acids is 1. The van der Waals surface area contributed by atoms with Gasteiger partial charge in [-0.05, 0) is 31.6 Å². The lowest BCUT2D eigenvalue weighted by atomic mass is 10.1. The molecule has 16 heavy (non-hydrogen) atoms. The number of nitrogens with one attached hydrogen (secondary N) is 2. The van der Waals surface area contributed by atoms with Crippen molar-refractivity contribution in [1.82, 2.24) is 10.6 Å². The van der Waals surface area contributed by atoms with E-state index in [9.17, 15) is 4.79 Å². The SMILES string of the molecule is CSC(C)CCNCC(=O)NCCC(C)C. The van der Waals surface area contributed by atoms with E-state index >= 15 is 0 Å². The van der Waals surface area contributed by atoms with Crippen molar-refractivity contribution in [2.45, 2.75) is 38.9 Å². The molecule has 96 valence electrons. The molecule has 0 spiro atoms. The predicted molar refractivity (Wildman–Crippen MR) is 72.9 cm³/mol. The highest BCUT2D eigenvalue weighted by molar-refractivity contribution is 7.99. The highest BCUT2D eigenvalue weighted by atomic mass is 32.2. The zero-order chi connectivity index (χ0) is 12.4. The van der Waals surface area contributed by atoms with E-state index in [1.54, 1.807) is 0 Å². The molecule has 0 radical (unpaired) electrons. The fraction of sp³-hybridized carbons (Fsp3) is 0.917. The second kappa shape index (κ2) is 9.97. The Bertz CT molecular complexity index is 186. The summed E-state index contributed by atoms with van der Waals surface area (Å²) in [5.74, 6) is 0.758. The summed E-state index contributed by atoms with van der Waals surface area (Å²) < 4.78 is 0. The molecule has 1 amide bonds. The van der Waals surface area contributed by atoms with Gasteiger partial charge in [-0.2, -0.15) is 11.8 Å². The quantitative estimate of drug-likeness (QED) is 0.610. The van der Waals surface area contributed by atoms with Crippen LogP contribution in [0.4, 0.5) is 0 Å². The van der Waals surface area contributed by atoms with Crippen LogP contribution in [0, 0.1) is 5.92 Å². The molecule has 0 aliphatic carbocycles. The lowest BCUT2D eigenvalue weighted by Gasteiger charge is -2.10. The molecule has 0 aliphatic rings. The molecule has 0 aromatic carbocycles. The van der Waals surface area contributed by atoms with Gasteiger partial charge in [0.15, 0.2) is 0 Å². The maximum absolute atomic E-state index is 11.4. The van der Waals surface area contributed by atoms with E-state index in [1.165, 1.54) is 0 Å². The molecule has 0 bridgehead atoms. The Morgan fingerprint density at radius 3 is 2.44 bits per heavy atom. The first-order valence-corrected chi connectivity index (χ1v) is 7.35. The van der Waals surface area contributed by atoms with Crippen LogP contribution in [0.5, 0.6) is 0 Å². The largest absolute Gasteiger partial charge is 0.355 e. The van der Waals surface area contributed by atoms with Crippen molar-refractivity contribution in [2.24, 2.45) is 5.92 Å². The summed E-state index contributed by atoms with van der Waals surface area (Å²) >= 11 is 1.86. The minimum Gasteiger partial charge on any atom is -0.355 e. The molecular formula is C12H26N2OS. The average molecular weight is 246 g/mol. The Labute approximate surface area is 104 Å². The highest BCUT2D eigenvalue weighted by Gasteiger charge is 2.02. The molecule has 1 atom stereocenters. The summed E-state index contributed by atoms with van der Waals surface area (Å²) in [6.45, 7) is 8.68. The van der Waals surface area contributed by atoms with Gasteiger partial charge in [-0.1, -0.05) is 20.8 Å². The van der Waals surface area contributed by atoms with Crippen LogP contribution in [-0.2, 0) is 4.79 Å². The molecule has 0 saturated heterocycles. The first-order valence-electron chi connectivity index (χ1n) is 6.06. The van der Waals surface area contributed by atoms with Crippen LogP contribution < -0.4 is 10.6 Å². The summed E-state index contributed by atoms with van der Waals surface area (Å²) in [7, 11) is 0. The standard InChI is InChI=1S/C12H26N2OS/c1-10(2)5-8-14-12(15)9-13-7-6-11(3)16-4/h10-11,13H,5-9H2,1-4H3,(H,14,15). The summed E-state index contributed by atoms with van der Waals surface area (Å²) in [6.07, 6.45) is 4.28. The number of hydrogen-bond donors (Lipinski definition) is 2. The van der Waals surface area contributed by atoms with Crippen LogP contribution >= 0.6 is 11.8 Å². The third-order valence-corrected chi connectivity index (χ3v) is 3.50. The van der Waals surface area contributed by atoms with Gasteiger partial charge in [-0.15, -0.1) is 0 Å². The van der Waals surface area contributed by atoms with Gasteiger partial charge in [0.25, 0.3) is 0 Å². The van der Waals surface area contributed by atoms with E-state index in [0.717, 1.165) is 25.9 Å². The van der Waals surface area contributed by atoms with Gasteiger partial charge in [-0.25, -0.2) is 0 Å². The van der Waals surface area contributed by atoms with Crippen LogP contribution in [0.15, 0.2) is 0 Å². The van der Waals surface area contributed by atoms with Gasteiger partial charge in [0.2, 0.25) is 5.91 Å². The summed E-state index contributed by atoms with van der Waals surface area (Å²) in [5.41, 5.74) is 0. The minimum absolute atomic E-state index is 0.109. The summed E-state index contributed by atoms with van der Waals surface area (Å²) in [4.78, 5) is 11.4. The molecule has 0 fully saturated rings. The summed E-state index contributed by atoms with van der Waals surface area (Å²) in [6, 6.07) is 0. The van der Waals surface area contributed by atoms with Gasteiger partial charge in [0.05, 0.1) is 6.54 Å². The highest BCUT2D eigenvalue weighted by Crippen LogP contribution is 2.07. The van der Waals surface area contributed by atoms with Crippen molar-refractivity contribution in [3.63, 3.8) is 0 Å². The van der Waals surface area contributed by atoms with E-state index in [0.29, 0.717) is 17.7 Å². The van der Waals surface area contributed by atoms with Crippen LogP contribution in [0.3, 0.4) is 0 Å². The average Bonchev–Trinajstić information content (AvgIpc) is 2.23. The van der Waals surface area contributed by atoms with E-state index in [-0.39, 0.29) is 5.91 Å². The van der Waals surface area contributed by atoms with E-state index < -0.39 is 0 Å². The molecule has 0 aromatic rings. The molecular weight excluding hydrogens is 220 g/mol. The van der Waals surface area contributed by atoms with E-state index in [4.69, 9.17) is 0 Å². The van der Waals surface area contributed by atoms with Gasteiger partial charge in [0.1, 0.15) is 0 Å². The summed E-state index contributed by atoms with van der Waals surface area (Å²) in [5, 5.41) is 6.74. The Morgan fingerprint density at radius 2 is 1.88 bits per heavy atom. The lowest BCUT2D eigenvalue weighted by molar-refractivity contribution is -0.120. The fourth-order valence-corrected chi connectivity index (χ4v) is 1.54. The van der Waals surface area contributed by atoms with E-state index in [1.807, 2.05) is 11.8 Å². The molecule has 4 heteroatoms. The molecule has 0 saturated carbocycles. The van der Waals surface area contributed by atoms with Crippen LogP contribution in [-0.4, -0.2) is 37.0 Å². The van der Waals surface area contributed by atoms with Crippen molar-refractivity contribution in [1.29, 1.82) is 0 Å². The van der Waals surface area contributed by atoms with Crippen molar-refractivity contribution in [3.05, 3.63) is 0 Å². The second-order valence-corrected chi connectivity index (χ2v) is 5.82. The van der Waals surface area contributed by atoms with Crippen LogP contribution in [0.25, 0.3) is 0 Å². The maximum Gasteiger partial charge on any atom is 0.233 e. The third kappa shape index (κ3) is 10.3. The predicted octanol–water partition coefficient (Wildman–Crippen LogP) is 1.88. The molecule has 0 aliphatic heterocycles. The molecule has 0 heterocycles. The van der Waals surface area contributed by atoms with Crippen LogP contribution in [0.2, 0.25) is 0 Å². The monoisotopic (exact) mass is 246 g/mol. The molecule has 0 aromatic heterocycles. The maximum atomic E-state index is 11.4. The smallest absolute Gasteiger partial charge is 0.233 e. The van der Waals surface area contributed by atoms with Gasteiger partial charge in [-0.3, -0.25) is 4.79 Å². The first-order chi connectivity index (χ1) is 7.56. The Kier molecular flexibility index (Phi) is 9.83. The number of amides is 1. The molecule has 1 unspecified atom stereocenters. The molecule has 3 nitrogen and oxygen atoms in total. The minimum atomic E-state index is 0.109. The second-order valence-electron chi connectivity index (χ2n) is 4.54. The third-order valence-electron chi connectivity index (χ3n) is 2.46. The van der Waals surface area contributed by atoms with Crippen molar-refractivity contribution >= 4 is 17.7 Å². The normalized spacial score (nSPS) is 12.8. The van der Waals surface area contributed by atoms with Gasteiger partial charge >= 0.3 is 0 Å². The van der Waals surface area contributed by atoms with Crippen molar-refractivity contribution in [3.8, 4) is 0 Å². The van der Waals surface area contributed by atoms with Gasteiger partial charge < -0.3 is 10.6 Å². The van der Waals surface area contributed by atoms with Crippen molar-refractivity contribution in [2.75, 3.05) is 25.9 Å². The number of rotatable bonds is 9. The first kappa shape index (κ1) is 15.8. The zero-order valence-corrected chi connectivity index (χ0v) is 11.8. The topological polar surface area (TPSA) is 41.1 Å². The van der Waals surface area contributed by atoms with Crippen molar-refractivity contribution < 1.29 is 4.79 Å². The lowest BCUT2D eigenvalue weighted by Crippen LogP contribution is -2.35. The molecule has 0 rings (SSSR count). The fourth-order valence-electron chi connectivity index (χ4n) is 1.19. The molecule has 2 N–H and O–H groups in total. The Hall–Kier alpha value is -0.220. The van der Waals surface area contributed by atoms with Gasteiger partial charge in [0, 0.05) is 11.8 Å². The number of hydrogen-bond acceptors (Lipinski definition) is 3. The Balaban J connectivity index is 3.30. The number of carbonyl (C=O) groups is 1. The van der Waals surface area contributed by atoms with E-state index in [2.05, 4.69) is 37.7 Å². The number of thioether (sulfide) groups is 1. The van der Waals surface area contributed by atoms with Crippen LogP contribution in [0.1, 0.15) is 33.6 Å². The zero-order valence-electron chi connectivity index (χ0n) is 11.0. The Morgan fingerprint density at radius 1 is 1.19 bits per heavy atom.